The predicted molar refractivity (Wildman–Crippen MR) is 87.7 cm³/mol. The van der Waals surface area contributed by atoms with E-state index in [1.54, 1.807) is 7.11 Å². The molecule has 5 nitrogen and oxygen atoms in total. The Balaban J connectivity index is 2.48. The molecule has 23 heavy (non-hydrogen) atoms. The van der Waals surface area contributed by atoms with Crippen molar-refractivity contribution in [2.75, 3.05) is 33.5 Å². The van der Waals surface area contributed by atoms with E-state index in [-0.39, 0.29) is 12.5 Å². The second kappa shape index (κ2) is 12.1. The summed E-state index contributed by atoms with van der Waals surface area (Å²) >= 11 is 0. The van der Waals surface area contributed by atoms with E-state index in [0.717, 1.165) is 45.1 Å². The molecule has 2 atom stereocenters. The third kappa shape index (κ3) is 7.62. The lowest BCUT2D eigenvalue weighted by Gasteiger charge is -2.24. The van der Waals surface area contributed by atoms with Gasteiger partial charge in [0.2, 0.25) is 0 Å². The molecule has 0 aromatic heterocycles. The fraction of sp³-hybridized carbons (Fsp3) is 0.778. The standard InChI is InChI=1S/C18H29NO4/c1-3-22-11-12-23-18(20)17(14-19)16-9-6-8-15(13-16)7-4-5-10-21-2/h13,16-17H,3-12H2,1-2H3. The first-order valence-corrected chi connectivity index (χ1v) is 8.55. The Morgan fingerprint density at radius 1 is 1.39 bits per heavy atom. The van der Waals surface area contributed by atoms with Crippen LogP contribution in [0.25, 0.3) is 0 Å². The quantitative estimate of drug-likeness (QED) is 0.332. The molecule has 0 saturated heterocycles. The van der Waals surface area contributed by atoms with Gasteiger partial charge < -0.3 is 14.2 Å². The molecule has 2 unspecified atom stereocenters. The highest BCUT2D eigenvalue weighted by Crippen LogP contribution is 2.31. The first kappa shape index (κ1) is 19.7. The molecule has 1 aliphatic rings. The van der Waals surface area contributed by atoms with Gasteiger partial charge in [-0.1, -0.05) is 11.6 Å². The van der Waals surface area contributed by atoms with Gasteiger partial charge in [0.25, 0.3) is 0 Å². The summed E-state index contributed by atoms with van der Waals surface area (Å²) in [6.07, 6.45) is 8.26. The van der Waals surface area contributed by atoms with Gasteiger partial charge >= 0.3 is 5.97 Å². The summed E-state index contributed by atoms with van der Waals surface area (Å²) in [4.78, 5) is 12.1. The molecule has 5 heteroatoms. The Bertz CT molecular complexity index is 414. The van der Waals surface area contributed by atoms with Gasteiger partial charge in [-0.15, -0.1) is 0 Å². The van der Waals surface area contributed by atoms with Crippen LogP contribution in [0.15, 0.2) is 11.6 Å². The molecular formula is C18H29NO4. The van der Waals surface area contributed by atoms with E-state index < -0.39 is 11.9 Å². The van der Waals surface area contributed by atoms with Crippen molar-refractivity contribution in [1.82, 2.24) is 0 Å². The number of nitrogens with zero attached hydrogens (tertiary/aromatic N) is 1. The molecule has 0 amide bonds. The molecule has 0 N–H and O–H groups in total. The van der Waals surface area contributed by atoms with Crippen molar-refractivity contribution in [3.8, 4) is 6.07 Å². The van der Waals surface area contributed by atoms with Crippen molar-refractivity contribution in [3.63, 3.8) is 0 Å². The number of methoxy groups -OCH3 is 1. The lowest BCUT2D eigenvalue weighted by Crippen LogP contribution is -2.26. The van der Waals surface area contributed by atoms with E-state index in [9.17, 15) is 10.1 Å². The highest BCUT2D eigenvalue weighted by atomic mass is 16.6. The molecule has 0 radical (unpaired) electrons. The number of rotatable bonds is 11. The van der Waals surface area contributed by atoms with E-state index in [1.165, 1.54) is 5.57 Å². The average molecular weight is 323 g/mol. The zero-order valence-corrected chi connectivity index (χ0v) is 14.4. The summed E-state index contributed by atoms with van der Waals surface area (Å²) in [6.45, 7) is 3.86. The van der Waals surface area contributed by atoms with E-state index >= 15 is 0 Å². The average Bonchev–Trinajstić information content (AvgIpc) is 2.57. The van der Waals surface area contributed by atoms with Crippen LogP contribution in [0.5, 0.6) is 0 Å². The fourth-order valence-electron chi connectivity index (χ4n) is 2.86. The summed E-state index contributed by atoms with van der Waals surface area (Å²) in [7, 11) is 1.71. The van der Waals surface area contributed by atoms with Crippen LogP contribution in [0.4, 0.5) is 0 Å². The number of nitriles is 1. The molecule has 0 saturated carbocycles. The van der Waals surface area contributed by atoms with Crippen LogP contribution in [-0.2, 0) is 19.0 Å². The molecule has 1 aliphatic carbocycles. The van der Waals surface area contributed by atoms with Crippen LogP contribution < -0.4 is 0 Å². The second-order valence-electron chi connectivity index (χ2n) is 5.80. The predicted octanol–water partition coefficient (Wildman–Crippen LogP) is 3.25. The Morgan fingerprint density at radius 2 is 2.22 bits per heavy atom. The van der Waals surface area contributed by atoms with E-state index in [0.29, 0.717) is 13.2 Å². The number of ether oxygens (including phenoxy) is 3. The minimum absolute atomic E-state index is 0.0224. The maximum absolute atomic E-state index is 12.1. The summed E-state index contributed by atoms with van der Waals surface area (Å²) in [5, 5.41) is 9.36. The normalized spacial score (nSPS) is 18.8. The van der Waals surface area contributed by atoms with Crippen molar-refractivity contribution in [1.29, 1.82) is 5.26 Å². The summed E-state index contributed by atoms with van der Waals surface area (Å²) in [6, 6.07) is 2.13. The van der Waals surface area contributed by atoms with Gasteiger partial charge in [0.05, 0.1) is 12.7 Å². The van der Waals surface area contributed by atoms with Gasteiger partial charge in [0, 0.05) is 26.2 Å². The largest absolute Gasteiger partial charge is 0.462 e. The maximum Gasteiger partial charge on any atom is 0.324 e. The van der Waals surface area contributed by atoms with Crippen molar-refractivity contribution in [2.24, 2.45) is 11.8 Å². The molecule has 0 fully saturated rings. The minimum Gasteiger partial charge on any atom is -0.462 e. The zero-order valence-electron chi connectivity index (χ0n) is 14.4. The van der Waals surface area contributed by atoms with Crippen molar-refractivity contribution in [2.45, 2.75) is 45.4 Å². The lowest BCUT2D eigenvalue weighted by molar-refractivity contribution is -0.149. The van der Waals surface area contributed by atoms with Gasteiger partial charge in [0.1, 0.15) is 12.5 Å². The SMILES string of the molecule is CCOCCOC(=O)C(C#N)C1C=C(CCCCOC)CCC1. The molecule has 1 rings (SSSR count). The number of carbonyl (C=O) groups excluding carboxylic acids is 1. The third-order valence-electron chi connectivity index (χ3n) is 4.08. The Labute approximate surface area is 139 Å². The van der Waals surface area contributed by atoms with Crippen LogP contribution in [0, 0.1) is 23.2 Å². The molecule has 0 aromatic rings. The van der Waals surface area contributed by atoms with Crippen molar-refractivity contribution < 1.29 is 19.0 Å². The summed E-state index contributed by atoms with van der Waals surface area (Å²) in [5.41, 5.74) is 1.36. The van der Waals surface area contributed by atoms with Crippen LogP contribution in [0.1, 0.15) is 45.4 Å². The molecule has 0 spiro atoms. The first-order valence-electron chi connectivity index (χ1n) is 8.55. The van der Waals surface area contributed by atoms with Crippen LogP contribution in [0.3, 0.4) is 0 Å². The molecule has 0 aromatic carbocycles. The van der Waals surface area contributed by atoms with Crippen LogP contribution in [0.2, 0.25) is 0 Å². The fourth-order valence-corrected chi connectivity index (χ4v) is 2.86. The van der Waals surface area contributed by atoms with Crippen molar-refractivity contribution in [3.05, 3.63) is 11.6 Å². The number of hydrogen-bond donors (Lipinski definition) is 0. The molecular weight excluding hydrogens is 294 g/mol. The van der Waals surface area contributed by atoms with Gasteiger partial charge in [-0.3, -0.25) is 4.79 Å². The number of esters is 1. The summed E-state index contributed by atoms with van der Waals surface area (Å²) < 4.78 is 15.4. The van der Waals surface area contributed by atoms with Crippen LogP contribution >= 0.6 is 0 Å². The van der Waals surface area contributed by atoms with Gasteiger partial charge in [0.15, 0.2) is 0 Å². The Kier molecular flexibility index (Phi) is 10.3. The monoisotopic (exact) mass is 323 g/mol. The number of allylic oxidation sites excluding steroid dienone is 2. The van der Waals surface area contributed by atoms with E-state index in [4.69, 9.17) is 14.2 Å². The smallest absolute Gasteiger partial charge is 0.324 e. The van der Waals surface area contributed by atoms with Crippen molar-refractivity contribution >= 4 is 5.97 Å². The minimum atomic E-state index is -0.703. The third-order valence-corrected chi connectivity index (χ3v) is 4.08. The first-order chi connectivity index (χ1) is 11.2. The van der Waals surface area contributed by atoms with Gasteiger partial charge in [-0.2, -0.15) is 5.26 Å². The van der Waals surface area contributed by atoms with E-state index in [1.807, 2.05) is 6.92 Å². The van der Waals surface area contributed by atoms with Gasteiger partial charge in [-0.25, -0.2) is 0 Å². The Morgan fingerprint density at radius 3 is 2.91 bits per heavy atom. The Hall–Kier alpha value is -1.38. The lowest BCUT2D eigenvalue weighted by atomic mass is 9.81. The molecule has 130 valence electrons. The second-order valence-corrected chi connectivity index (χ2v) is 5.80. The topological polar surface area (TPSA) is 68.5 Å². The van der Waals surface area contributed by atoms with E-state index in [2.05, 4.69) is 12.1 Å². The molecule has 0 heterocycles. The number of hydrogen-bond acceptors (Lipinski definition) is 5. The van der Waals surface area contributed by atoms with Gasteiger partial charge in [-0.05, 0) is 45.4 Å². The maximum atomic E-state index is 12.1. The summed E-state index contributed by atoms with van der Waals surface area (Å²) in [5.74, 6) is -1.15. The molecule has 0 bridgehead atoms. The zero-order chi connectivity index (χ0) is 16.9. The molecule has 0 aliphatic heterocycles. The highest BCUT2D eigenvalue weighted by molar-refractivity contribution is 5.76. The van der Waals surface area contributed by atoms with Crippen LogP contribution in [-0.4, -0.2) is 39.5 Å². The number of unbranched alkanes of at least 4 members (excludes halogenated alkanes) is 1. The number of carbonyl (C=O) groups is 1. The highest BCUT2D eigenvalue weighted by Gasteiger charge is 2.30.